The zero-order chi connectivity index (χ0) is 12.8. The molecule has 2 amide bonds. The number of aliphatic carboxylic acids is 1. The van der Waals surface area contributed by atoms with Crippen molar-refractivity contribution in [2.24, 2.45) is 0 Å². The molecule has 0 aliphatic carbocycles. The van der Waals surface area contributed by atoms with Gasteiger partial charge >= 0.3 is 12.0 Å². The van der Waals surface area contributed by atoms with Gasteiger partial charge in [0.15, 0.2) is 0 Å². The van der Waals surface area contributed by atoms with Crippen molar-refractivity contribution in [3.05, 3.63) is 0 Å². The Bertz CT molecular complexity index is 275. The van der Waals surface area contributed by atoms with E-state index in [1.165, 1.54) is 4.90 Å². The maximum absolute atomic E-state index is 12.1. The lowest BCUT2D eigenvalue weighted by atomic mass is 10.3. The number of likely N-dealkylation sites (N-methyl/N-ethyl adjacent to an activating group) is 1. The predicted octanol–water partition coefficient (Wildman–Crippen LogP) is 0.150. The van der Waals surface area contributed by atoms with Gasteiger partial charge in [-0.1, -0.05) is 6.92 Å². The Hall–Kier alpha value is -1.30. The molecule has 1 fully saturated rings. The highest BCUT2D eigenvalue weighted by Gasteiger charge is 2.24. The number of rotatable bonds is 4. The van der Waals surface area contributed by atoms with E-state index in [9.17, 15) is 9.59 Å². The Morgan fingerprint density at radius 2 is 1.82 bits per heavy atom. The van der Waals surface area contributed by atoms with Crippen molar-refractivity contribution >= 4 is 12.0 Å². The first kappa shape index (κ1) is 13.8. The molecule has 1 saturated heterocycles. The summed E-state index contributed by atoms with van der Waals surface area (Å²) in [5.74, 6) is -0.957. The van der Waals surface area contributed by atoms with Gasteiger partial charge in [-0.2, -0.15) is 0 Å². The first-order chi connectivity index (χ1) is 8.04. The molecule has 6 nitrogen and oxygen atoms in total. The highest BCUT2D eigenvalue weighted by molar-refractivity contribution is 5.80. The Morgan fingerprint density at radius 3 is 2.29 bits per heavy atom. The maximum Gasteiger partial charge on any atom is 0.323 e. The monoisotopic (exact) mass is 243 g/mol. The van der Waals surface area contributed by atoms with Crippen molar-refractivity contribution in [1.29, 1.82) is 0 Å². The van der Waals surface area contributed by atoms with E-state index in [1.54, 1.807) is 4.90 Å². The molecule has 1 aliphatic rings. The molecule has 17 heavy (non-hydrogen) atoms. The number of urea groups is 1. The van der Waals surface area contributed by atoms with E-state index in [0.29, 0.717) is 19.6 Å². The molecule has 0 aromatic carbocycles. The molecule has 0 atom stereocenters. The van der Waals surface area contributed by atoms with Crippen LogP contribution in [0.4, 0.5) is 4.79 Å². The van der Waals surface area contributed by atoms with Gasteiger partial charge in [0.05, 0.1) is 0 Å². The Morgan fingerprint density at radius 1 is 1.24 bits per heavy atom. The summed E-state index contributed by atoms with van der Waals surface area (Å²) in [7, 11) is 2.02. The zero-order valence-corrected chi connectivity index (χ0v) is 10.6. The van der Waals surface area contributed by atoms with Gasteiger partial charge in [-0.05, 0) is 13.5 Å². The molecule has 1 rings (SSSR count). The van der Waals surface area contributed by atoms with E-state index in [4.69, 9.17) is 5.11 Å². The van der Waals surface area contributed by atoms with E-state index in [0.717, 1.165) is 19.5 Å². The molecule has 1 aliphatic heterocycles. The summed E-state index contributed by atoms with van der Waals surface area (Å²) in [5.41, 5.74) is 0. The lowest BCUT2D eigenvalue weighted by molar-refractivity contribution is -0.137. The van der Waals surface area contributed by atoms with Gasteiger partial charge in [-0.25, -0.2) is 4.79 Å². The van der Waals surface area contributed by atoms with E-state index in [1.807, 2.05) is 14.0 Å². The van der Waals surface area contributed by atoms with Crippen LogP contribution in [-0.2, 0) is 4.79 Å². The van der Waals surface area contributed by atoms with Crippen LogP contribution in [0.1, 0.15) is 13.3 Å². The third-order valence-electron chi connectivity index (χ3n) is 2.86. The Labute approximate surface area is 102 Å². The number of carbonyl (C=O) groups excluding carboxylic acids is 1. The molecular weight excluding hydrogens is 222 g/mol. The van der Waals surface area contributed by atoms with Gasteiger partial charge in [0.1, 0.15) is 6.54 Å². The summed E-state index contributed by atoms with van der Waals surface area (Å²) in [4.78, 5) is 28.1. The highest BCUT2D eigenvalue weighted by Crippen LogP contribution is 2.05. The lowest BCUT2D eigenvalue weighted by Crippen LogP contribution is -2.52. The molecule has 1 heterocycles. The van der Waals surface area contributed by atoms with Crippen molar-refractivity contribution in [2.45, 2.75) is 13.3 Å². The van der Waals surface area contributed by atoms with Crippen molar-refractivity contribution < 1.29 is 14.7 Å². The topological polar surface area (TPSA) is 64.1 Å². The summed E-state index contributed by atoms with van der Waals surface area (Å²) in [6.07, 6.45) is 0.771. The minimum absolute atomic E-state index is 0.151. The van der Waals surface area contributed by atoms with Crippen LogP contribution >= 0.6 is 0 Å². The van der Waals surface area contributed by atoms with Gasteiger partial charge < -0.3 is 19.8 Å². The second kappa shape index (κ2) is 6.44. The number of piperazine rings is 1. The highest BCUT2D eigenvalue weighted by atomic mass is 16.4. The first-order valence-corrected chi connectivity index (χ1v) is 5.98. The van der Waals surface area contributed by atoms with Crippen LogP contribution in [0.25, 0.3) is 0 Å². The van der Waals surface area contributed by atoms with Crippen molar-refractivity contribution in [2.75, 3.05) is 46.3 Å². The van der Waals surface area contributed by atoms with Gasteiger partial charge in [-0.3, -0.25) is 4.79 Å². The molecule has 0 radical (unpaired) electrons. The van der Waals surface area contributed by atoms with Crippen LogP contribution in [0.3, 0.4) is 0 Å². The maximum atomic E-state index is 12.1. The number of nitrogens with zero attached hydrogens (tertiary/aromatic N) is 3. The fraction of sp³-hybridized carbons (Fsp3) is 0.818. The summed E-state index contributed by atoms with van der Waals surface area (Å²) in [6.45, 7) is 5.27. The predicted molar refractivity (Wildman–Crippen MR) is 64.0 cm³/mol. The van der Waals surface area contributed by atoms with E-state index in [2.05, 4.69) is 4.90 Å². The van der Waals surface area contributed by atoms with Crippen LogP contribution in [0.15, 0.2) is 0 Å². The number of hydrogen-bond donors (Lipinski definition) is 1. The van der Waals surface area contributed by atoms with Crippen LogP contribution in [0.2, 0.25) is 0 Å². The van der Waals surface area contributed by atoms with E-state index >= 15 is 0 Å². The average molecular weight is 243 g/mol. The molecule has 0 aromatic heterocycles. The molecule has 98 valence electrons. The summed E-state index contributed by atoms with van der Waals surface area (Å²) < 4.78 is 0. The molecule has 0 spiro atoms. The number of hydrogen-bond acceptors (Lipinski definition) is 3. The standard InChI is InChI=1S/C11H21N3O3/c1-3-4-14(9-10(15)16)11(17)13-7-5-12(2)6-8-13/h3-9H2,1-2H3,(H,15,16). The first-order valence-electron chi connectivity index (χ1n) is 5.98. The van der Waals surface area contributed by atoms with Crippen LogP contribution < -0.4 is 0 Å². The van der Waals surface area contributed by atoms with Crippen LogP contribution in [0, 0.1) is 0 Å². The summed E-state index contributed by atoms with van der Waals surface area (Å²) >= 11 is 0. The minimum Gasteiger partial charge on any atom is -0.480 e. The summed E-state index contributed by atoms with van der Waals surface area (Å²) in [5, 5.41) is 8.78. The molecular formula is C11H21N3O3. The third kappa shape index (κ3) is 4.22. The largest absolute Gasteiger partial charge is 0.480 e. The second-order valence-corrected chi connectivity index (χ2v) is 4.39. The second-order valence-electron chi connectivity index (χ2n) is 4.39. The summed E-state index contributed by atoms with van der Waals surface area (Å²) in [6, 6.07) is -0.151. The van der Waals surface area contributed by atoms with E-state index < -0.39 is 5.97 Å². The SMILES string of the molecule is CCCN(CC(=O)O)C(=O)N1CCN(C)CC1. The molecule has 1 N–H and O–H groups in total. The van der Waals surface area contributed by atoms with Crippen molar-refractivity contribution in [1.82, 2.24) is 14.7 Å². The fourth-order valence-electron chi connectivity index (χ4n) is 1.87. The quantitative estimate of drug-likeness (QED) is 0.763. The zero-order valence-electron chi connectivity index (χ0n) is 10.6. The molecule has 0 aromatic rings. The van der Waals surface area contributed by atoms with Gasteiger partial charge in [0.25, 0.3) is 0 Å². The third-order valence-corrected chi connectivity index (χ3v) is 2.86. The number of amides is 2. The van der Waals surface area contributed by atoms with Gasteiger partial charge in [-0.15, -0.1) is 0 Å². The van der Waals surface area contributed by atoms with E-state index in [-0.39, 0.29) is 12.6 Å². The van der Waals surface area contributed by atoms with Gasteiger partial charge in [0.2, 0.25) is 0 Å². The van der Waals surface area contributed by atoms with Crippen molar-refractivity contribution in [3.8, 4) is 0 Å². The normalized spacial score (nSPS) is 16.9. The number of carboxylic acids is 1. The number of carbonyl (C=O) groups is 2. The van der Waals surface area contributed by atoms with Gasteiger partial charge in [0, 0.05) is 32.7 Å². The molecule has 0 saturated carbocycles. The van der Waals surface area contributed by atoms with Crippen LogP contribution in [0.5, 0.6) is 0 Å². The minimum atomic E-state index is -0.957. The number of carboxylic acid groups (broad SMARTS) is 1. The van der Waals surface area contributed by atoms with Crippen molar-refractivity contribution in [3.63, 3.8) is 0 Å². The lowest BCUT2D eigenvalue weighted by Gasteiger charge is -2.35. The van der Waals surface area contributed by atoms with Crippen LogP contribution in [-0.4, -0.2) is 78.1 Å². The smallest absolute Gasteiger partial charge is 0.323 e. The average Bonchev–Trinajstić information content (AvgIpc) is 2.28. The Balaban J connectivity index is 2.54. The molecule has 6 heteroatoms. The molecule has 0 unspecified atom stereocenters. The Kier molecular flexibility index (Phi) is 5.21. The fourth-order valence-corrected chi connectivity index (χ4v) is 1.87. The molecule has 0 bridgehead atoms.